The van der Waals surface area contributed by atoms with Crippen LogP contribution in [0.3, 0.4) is 0 Å². The average molecular weight is 250 g/mol. The lowest BCUT2D eigenvalue weighted by Gasteiger charge is -2.22. The molecule has 1 aliphatic rings. The molecule has 4 heteroatoms. The van der Waals surface area contributed by atoms with Crippen LogP contribution < -0.4 is 11.1 Å². The van der Waals surface area contributed by atoms with Crippen molar-refractivity contribution >= 4 is 5.91 Å². The summed E-state index contributed by atoms with van der Waals surface area (Å²) in [5, 5.41) is 2.88. The molecule has 2 rings (SSSR count). The summed E-state index contributed by atoms with van der Waals surface area (Å²) < 4.78 is 12.9. The Balaban J connectivity index is 2.07. The maximum atomic E-state index is 12.9. The number of carbonyl (C=O) groups is 1. The summed E-state index contributed by atoms with van der Waals surface area (Å²) in [6.45, 7) is 4.17. The predicted molar refractivity (Wildman–Crippen MR) is 68.6 cm³/mol. The topological polar surface area (TPSA) is 55.1 Å². The van der Waals surface area contributed by atoms with Gasteiger partial charge in [-0.3, -0.25) is 4.79 Å². The first-order chi connectivity index (χ1) is 8.33. The Labute approximate surface area is 107 Å². The molecular formula is C14H19FN2O. The van der Waals surface area contributed by atoms with Gasteiger partial charge in [-0.1, -0.05) is 12.1 Å². The van der Waals surface area contributed by atoms with Gasteiger partial charge in [0.25, 0.3) is 0 Å². The minimum atomic E-state index is -0.459. The average Bonchev–Trinajstić information content (AvgIpc) is 3.07. The Morgan fingerprint density at radius 2 is 1.94 bits per heavy atom. The molecule has 3 N–H and O–H groups in total. The molecule has 1 aromatic rings. The van der Waals surface area contributed by atoms with Crippen molar-refractivity contribution in [3.63, 3.8) is 0 Å². The predicted octanol–water partition coefficient (Wildman–Crippen LogP) is 1.71. The third-order valence-corrected chi connectivity index (χ3v) is 3.29. The number of amides is 1. The van der Waals surface area contributed by atoms with Crippen LogP contribution in [0.15, 0.2) is 24.3 Å². The molecule has 0 aromatic heterocycles. The van der Waals surface area contributed by atoms with Gasteiger partial charge in [0, 0.05) is 12.1 Å². The first-order valence-corrected chi connectivity index (χ1v) is 6.17. The second-order valence-corrected chi connectivity index (χ2v) is 5.76. The van der Waals surface area contributed by atoms with Crippen LogP contribution in [0.5, 0.6) is 0 Å². The van der Waals surface area contributed by atoms with E-state index < -0.39 is 11.0 Å². The molecule has 0 atom stereocenters. The lowest BCUT2D eigenvalue weighted by Crippen LogP contribution is -2.47. The minimum Gasteiger partial charge on any atom is -0.354 e. The number of hydrogen-bond acceptors (Lipinski definition) is 2. The van der Waals surface area contributed by atoms with Gasteiger partial charge in [-0.25, -0.2) is 4.39 Å². The van der Waals surface area contributed by atoms with Crippen LogP contribution >= 0.6 is 0 Å². The van der Waals surface area contributed by atoms with E-state index in [2.05, 4.69) is 5.32 Å². The van der Waals surface area contributed by atoms with E-state index in [1.807, 2.05) is 13.8 Å². The van der Waals surface area contributed by atoms with Crippen LogP contribution in [0, 0.1) is 5.82 Å². The lowest BCUT2D eigenvalue weighted by atomic mass is 9.94. The normalized spacial score (nSPS) is 17.3. The SMILES string of the molecule is CC(C)(N)CNC(=O)C1(c2ccc(F)cc2)CC1. The third kappa shape index (κ3) is 2.70. The molecular weight excluding hydrogens is 231 g/mol. The summed E-state index contributed by atoms with van der Waals surface area (Å²) in [7, 11) is 0. The van der Waals surface area contributed by atoms with Crippen LogP contribution in [-0.2, 0) is 10.2 Å². The fraction of sp³-hybridized carbons (Fsp3) is 0.500. The van der Waals surface area contributed by atoms with Crippen LogP contribution in [0.25, 0.3) is 0 Å². The van der Waals surface area contributed by atoms with Crippen LogP contribution in [-0.4, -0.2) is 18.0 Å². The molecule has 98 valence electrons. The molecule has 0 spiro atoms. The van der Waals surface area contributed by atoms with Gasteiger partial charge in [-0.15, -0.1) is 0 Å². The highest BCUT2D eigenvalue weighted by molar-refractivity contribution is 5.91. The first kappa shape index (κ1) is 13.0. The quantitative estimate of drug-likeness (QED) is 0.854. The Bertz CT molecular complexity index is 444. The van der Waals surface area contributed by atoms with Gasteiger partial charge >= 0.3 is 0 Å². The standard InChI is InChI=1S/C14H19FN2O/c1-13(2,16)9-17-12(18)14(7-8-14)10-3-5-11(15)6-4-10/h3-6H,7-9,16H2,1-2H3,(H,17,18). The maximum absolute atomic E-state index is 12.9. The van der Waals surface area contributed by atoms with Crippen molar-refractivity contribution in [2.45, 2.75) is 37.6 Å². The van der Waals surface area contributed by atoms with Crippen molar-refractivity contribution in [1.29, 1.82) is 0 Å². The first-order valence-electron chi connectivity index (χ1n) is 6.17. The van der Waals surface area contributed by atoms with Crippen molar-refractivity contribution in [1.82, 2.24) is 5.32 Å². The fourth-order valence-corrected chi connectivity index (χ4v) is 2.02. The van der Waals surface area contributed by atoms with Gasteiger partial charge in [-0.05, 0) is 44.4 Å². The molecule has 1 saturated carbocycles. The molecule has 1 aromatic carbocycles. The number of rotatable bonds is 4. The van der Waals surface area contributed by atoms with Gasteiger partial charge in [0.2, 0.25) is 5.91 Å². The highest BCUT2D eigenvalue weighted by atomic mass is 19.1. The summed E-state index contributed by atoms with van der Waals surface area (Å²) in [6.07, 6.45) is 1.63. The second kappa shape index (κ2) is 4.35. The fourth-order valence-electron chi connectivity index (χ4n) is 2.02. The molecule has 0 bridgehead atoms. The Hall–Kier alpha value is -1.42. The smallest absolute Gasteiger partial charge is 0.230 e. The number of benzene rings is 1. The molecule has 1 aliphatic carbocycles. The van der Waals surface area contributed by atoms with E-state index in [9.17, 15) is 9.18 Å². The van der Waals surface area contributed by atoms with Crippen molar-refractivity contribution in [3.8, 4) is 0 Å². The number of nitrogens with two attached hydrogens (primary N) is 1. The summed E-state index contributed by atoms with van der Waals surface area (Å²) in [5.41, 5.74) is 5.85. The van der Waals surface area contributed by atoms with Crippen LogP contribution in [0.4, 0.5) is 4.39 Å². The van der Waals surface area contributed by atoms with Gasteiger partial charge in [0.05, 0.1) is 5.41 Å². The molecule has 18 heavy (non-hydrogen) atoms. The van der Waals surface area contributed by atoms with E-state index in [1.54, 1.807) is 12.1 Å². The van der Waals surface area contributed by atoms with Crippen LogP contribution in [0.2, 0.25) is 0 Å². The largest absolute Gasteiger partial charge is 0.354 e. The zero-order valence-electron chi connectivity index (χ0n) is 10.8. The second-order valence-electron chi connectivity index (χ2n) is 5.76. The summed E-state index contributed by atoms with van der Waals surface area (Å²) >= 11 is 0. The molecule has 0 aliphatic heterocycles. The Morgan fingerprint density at radius 1 is 1.39 bits per heavy atom. The number of hydrogen-bond donors (Lipinski definition) is 2. The van der Waals surface area contributed by atoms with Crippen molar-refractivity contribution in [3.05, 3.63) is 35.6 Å². The monoisotopic (exact) mass is 250 g/mol. The zero-order chi connectivity index (χ0) is 13.4. The third-order valence-electron chi connectivity index (χ3n) is 3.29. The summed E-state index contributed by atoms with van der Waals surface area (Å²) in [6, 6.07) is 6.18. The maximum Gasteiger partial charge on any atom is 0.230 e. The van der Waals surface area contributed by atoms with Gasteiger partial charge in [0.1, 0.15) is 5.82 Å². The van der Waals surface area contributed by atoms with Crippen molar-refractivity contribution in [2.24, 2.45) is 5.73 Å². The Morgan fingerprint density at radius 3 is 2.39 bits per heavy atom. The molecule has 0 radical (unpaired) electrons. The van der Waals surface area contributed by atoms with E-state index in [0.717, 1.165) is 18.4 Å². The molecule has 0 unspecified atom stereocenters. The van der Waals surface area contributed by atoms with E-state index >= 15 is 0 Å². The van der Waals surface area contributed by atoms with Crippen molar-refractivity contribution < 1.29 is 9.18 Å². The van der Waals surface area contributed by atoms with E-state index in [1.165, 1.54) is 12.1 Å². The molecule has 1 fully saturated rings. The highest BCUT2D eigenvalue weighted by Gasteiger charge is 2.51. The molecule has 1 amide bonds. The van der Waals surface area contributed by atoms with Gasteiger partial charge < -0.3 is 11.1 Å². The van der Waals surface area contributed by atoms with Crippen LogP contribution in [0.1, 0.15) is 32.3 Å². The summed E-state index contributed by atoms with van der Waals surface area (Å²) in [4.78, 5) is 12.2. The van der Waals surface area contributed by atoms with Gasteiger partial charge in [-0.2, -0.15) is 0 Å². The minimum absolute atomic E-state index is 0.00682. The van der Waals surface area contributed by atoms with Crippen molar-refractivity contribution in [2.75, 3.05) is 6.54 Å². The Kier molecular flexibility index (Phi) is 3.15. The molecule has 3 nitrogen and oxygen atoms in total. The summed E-state index contributed by atoms with van der Waals surface area (Å²) in [5.74, 6) is -0.286. The highest BCUT2D eigenvalue weighted by Crippen LogP contribution is 2.48. The molecule has 0 heterocycles. The lowest BCUT2D eigenvalue weighted by molar-refractivity contribution is -0.123. The number of carbonyl (C=O) groups excluding carboxylic acids is 1. The number of halogens is 1. The number of nitrogens with one attached hydrogen (secondary N) is 1. The van der Waals surface area contributed by atoms with Gasteiger partial charge in [0.15, 0.2) is 0 Å². The zero-order valence-corrected chi connectivity index (χ0v) is 10.8. The molecule has 0 saturated heterocycles. The van der Waals surface area contributed by atoms with E-state index in [0.29, 0.717) is 6.54 Å². The van der Waals surface area contributed by atoms with E-state index in [4.69, 9.17) is 5.73 Å². The van der Waals surface area contributed by atoms with E-state index in [-0.39, 0.29) is 11.7 Å².